The molecular weight excluding hydrogens is 193 g/mol. The number of benzene rings is 1. The second-order valence-corrected chi connectivity index (χ2v) is 3.86. The number of piperidine rings is 1. The Hall–Kier alpha value is -1.09. The topological polar surface area (TPSA) is 21.3 Å². The zero-order valence-electron chi connectivity index (χ0n) is 8.87. The molecule has 3 heteroatoms. The highest BCUT2D eigenvalue weighted by molar-refractivity contribution is 5.37. The molecule has 2 rings (SSSR count). The number of para-hydroxylation sites is 1. The van der Waals surface area contributed by atoms with Crippen molar-refractivity contribution in [2.24, 2.45) is 0 Å². The molecule has 2 unspecified atom stereocenters. The third kappa shape index (κ3) is 2.12. The third-order valence-corrected chi connectivity index (χ3v) is 2.95. The first kappa shape index (κ1) is 10.4. The van der Waals surface area contributed by atoms with Gasteiger partial charge < -0.3 is 10.1 Å². The molecule has 15 heavy (non-hydrogen) atoms. The number of nitrogens with one attached hydrogen (secondary N) is 1. The number of hydrogen-bond acceptors (Lipinski definition) is 2. The molecule has 82 valence electrons. The van der Waals surface area contributed by atoms with Crippen molar-refractivity contribution in [2.45, 2.75) is 18.5 Å². The minimum atomic E-state index is -0.810. The van der Waals surface area contributed by atoms with Gasteiger partial charge in [0.1, 0.15) is 11.9 Å². The summed E-state index contributed by atoms with van der Waals surface area (Å²) in [6.07, 6.45) is 0.0247. The first-order chi connectivity index (χ1) is 7.33. The largest absolute Gasteiger partial charge is 0.496 e. The van der Waals surface area contributed by atoms with Gasteiger partial charge in [-0.3, -0.25) is 0 Å². The highest BCUT2D eigenvalue weighted by atomic mass is 19.1. The Bertz CT molecular complexity index is 329. The number of halogens is 1. The van der Waals surface area contributed by atoms with Gasteiger partial charge >= 0.3 is 0 Å². The molecule has 1 saturated heterocycles. The molecule has 1 aliphatic rings. The fraction of sp³-hybridized carbons (Fsp3) is 0.500. The number of methoxy groups -OCH3 is 1. The molecular formula is C12H16FNO. The van der Waals surface area contributed by atoms with Crippen molar-refractivity contribution in [2.75, 3.05) is 20.2 Å². The average molecular weight is 209 g/mol. The molecule has 1 heterocycles. The van der Waals surface area contributed by atoms with Crippen molar-refractivity contribution in [3.8, 4) is 5.75 Å². The Morgan fingerprint density at radius 1 is 1.40 bits per heavy atom. The zero-order chi connectivity index (χ0) is 10.7. The van der Waals surface area contributed by atoms with Crippen LogP contribution in [0.1, 0.15) is 17.9 Å². The number of hydrogen-bond donors (Lipinski definition) is 1. The van der Waals surface area contributed by atoms with Crippen LogP contribution in [0.4, 0.5) is 4.39 Å². The molecule has 1 fully saturated rings. The highest BCUT2D eigenvalue weighted by Crippen LogP contribution is 2.33. The van der Waals surface area contributed by atoms with Crippen LogP contribution in [-0.2, 0) is 0 Å². The van der Waals surface area contributed by atoms with Gasteiger partial charge in [-0.2, -0.15) is 0 Å². The van der Waals surface area contributed by atoms with Crippen molar-refractivity contribution in [3.63, 3.8) is 0 Å². The molecule has 0 aromatic heterocycles. The van der Waals surface area contributed by atoms with Gasteiger partial charge in [0.05, 0.1) is 7.11 Å². The van der Waals surface area contributed by atoms with Crippen LogP contribution in [0.25, 0.3) is 0 Å². The SMILES string of the molecule is COc1ccccc1C1CCNCC1F. The van der Waals surface area contributed by atoms with Crippen LogP contribution in [0.5, 0.6) is 5.75 Å². The van der Waals surface area contributed by atoms with E-state index in [1.807, 2.05) is 24.3 Å². The summed E-state index contributed by atoms with van der Waals surface area (Å²) in [6, 6.07) is 7.70. The molecule has 0 aliphatic carbocycles. The Labute approximate surface area is 89.4 Å². The molecule has 2 atom stereocenters. The van der Waals surface area contributed by atoms with E-state index in [1.54, 1.807) is 7.11 Å². The lowest BCUT2D eigenvalue weighted by molar-refractivity contribution is 0.228. The van der Waals surface area contributed by atoms with Gasteiger partial charge in [0.15, 0.2) is 0 Å². The lowest BCUT2D eigenvalue weighted by Crippen LogP contribution is -2.36. The Morgan fingerprint density at radius 3 is 2.93 bits per heavy atom. The van der Waals surface area contributed by atoms with Gasteiger partial charge in [-0.05, 0) is 19.0 Å². The summed E-state index contributed by atoms with van der Waals surface area (Å²) in [5.41, 5.74) is 0.994. The van der Waals surface area contributed by atoms with Crippen molar-refractivity contribution in [1.29, 1.82) is 0 Å². The molecule has 0 bridgehead atoms. The third-order valence-electron chi connectivity index (χ3n) is 2.95. The zero-order valence-corrected chi connectivity index (χ0v) is 8.87. The average Bonchev–Trinajstić information content (AvgIpc) is 2.30. The van der Waals surface area contributed by atoms with Gasteiger partial charge in [0.2, 0.25) is 0 Å². The molecule has 2 nitrogen and oxygen atoms in total. The molecule has 0 radical (unpaired) electrons. The second kappa shape index (κ2) is 4.62. The van der Waals surface area contributed by atoms with Gasteiger partial charge in [-0.15, -0.1) is 0 Å². The summed E-state index contributed by atoms with van der Waals surface area (Å²) in [7, 11) is 1.63. The standard InChI is InChI=1S/C12H16FNO/c1-15-12-5-3-2-4-10(12)9-6-7-14-8-11(9)13/h2-5,9,11,14H,6-8H2,1H3. The van der Waals surface area contributed by atoms with Crippen LogP contribution >= 0.6 is 0 Å². The predicted molar refractivity (Wildman–Crippen MR) is 58.1 cm³/mol. The van der Waals surface area contributed by atoms with E-state index >= 15 is 0 Å². The lowest BCUT2D eigenvalue weighted by Gasteiger charge is -2.28. The monoisotopic (exact) mass is 209 g/mol. The Morgan fingerprint density at radius 2 is 2.20 bits per heavy atom. The van der Waals surface area contributed by atoms with Crippen molar-refractivity contribution < 1.29 is 9.13 Å². The van der Waals surface area contributed by atoms with E-state index in [0.717, 1.165) is 24.3 Å². The predicted octanol–water partition coefficient (Wildman–Crippen LogP) is 2.11. The molecule has 1 N–H and O–H groups in total. The lowest BCUT2D eigenvalue weighted by atomic mass is 9.88. The maximum Gasteiger partial charge on any atom is 0.122 e. The van der Waals surface area contributed by atoms with E-state index in [1.165, 1.54) is 0 Å². The molecule has 1 aromatic carbocycles. The van der Waals surface area contributed by atoms with Gasteiger partial charge in [0, 0.05) is 18.0 Å². The van der Waals surface area contributed by atoms with Crippen molar-refractivity contribution >= 4 is 0 Å². The summed E-state index contributed by atoms with van der Waals surface area (Å²) in [5.74, 6) is 0.773. The summed E-state index contributed by atoms with van der Waals surface area (Å²) in [6.45, 7) is 1.33. The van der Waals surface area contributed by atoms with Gasteiger partial charge in [-0.25, -0.2) is 4.39 Å². The number of ether oxygens (including phenoxy) is 1. The van der Waals surface area contributed by atoms with Gasteiger partial charge in [-0.1, -0.05) is 18.2 Å². The van der Waals surface area contributed by atoms with E-state index in [2.05, 4.69) is 5.32 Å². The fourth-order valence-corrected chi connectivity index (χ4v) is 2.14. The Kier molecular flexibility index (Phi) is 3.21. The van der Waals surface area contributed by atoms with Crippen LogP contribution in [0, 0.1) is 0 Å². The highest BCUT2D eigenvalue weighted by Gasteiger charge is 2.27. The summed E-state index contributed by atoms with van der Waals surface area (Å²) < 4.78 is 19.0. The molecule has 0 saturated carbocycles. The van der Waals surface area contributed by atoms with E-state index < -0.39 is 6.17 Å². The summed E-state index contributed by atoms with van der Waals surface area (Å²) in [4.78, 5) is 0. The van der Waals surface area contributed by atoms with E-state index in [0.29, 0.717) is 6.54 Å². The van der Waals surface area contributed by atoms with Gasteiger partial charge in [0.25, 0.3) is 0 Å². The van der Waals surface area contributed by atoms with E-state index in [4.69, 9.17) is 4.74 Å². The summed E-state index contributed by atoms with van der Waals surface area (Å²) >= 11 is 0. The van der Waals surface area contributed by atoms with Crippen LogP contribution in [-0.4, -0.2) is 26.4 Å². The van der Waals surface area contributed by atoms with Crippen LogP contribution in [0.15, 0.2) is 24.3 Å². The number of rotatable bonds is 2. The van der Waals surface area contributed by atoms with Crippen molar-refractivity contribution in [1.82, 2.24) is 5.32 Å². The second-order valence-electron chi connectivity index (χ2n) is 3.86. The molecule has 0 amide bonds. The van der Waals surface area contributed by atoms with Crippen LogP contribution in [0.2, 0.25) is 0 Å². The van der Waals surface area contributed by atoms with Crippen LogP contribution < -0.4 is 10.1 Å². The first-order valence-corrected chi connectivity index (χ1v) is 5.30. The summed E-state index contributed by atoms with van der Waals surface area (Å²) in [5, 5.41) is 3.06. The quantitative estimate of drug-likeness (QED) is 0.805. The molecule has 1 aliphatic heterocycles. The maximum atomic E-state index is 13.7. The fourth-order valence-electron chi connectivity index (χ4n) is 2.14. The number of alkyl halides is 1. The van der Waals surface area contributed by atoms with E-state index in [9.17, 15) is 4.39 Å². The first-order valence-electron chi connectivity index (χ1n) is 5.30. The Balaban J connectivity index is 2.26. The molecule has 0 spiro atoms. The van der Waals surface area contributed by atoms with Crippen molar-refractivity contribution in [3.05, 3.63) is 29.8 Å². The molecule has 1 aromatic rings. The minimum absolute atomic E-state index is 0.0256. The minimum Gasteiger partial charge on any atom is -0.496 e. The maximum absolute atomic E-state index is 13.7. The van der Waals surface area contributed by atoms with Crippen LogP contribution in [0.3, 0.4) is 0 Å². The smallest absolute Gasteiger partial charge is 0.122 e. The van der Waals surface area contributed by atoms with E-state index in [-0.39, 0.29) is 5.92 Å². The normalized spacial score (nSPS) is 26.3.